The predicted octanol–water partition coefficient (Wildman–Crippen LogP) is 3.53. The summed E-state index contributed by atoms with van der Waals surface area (Å²) >= 11 is 0. The lowest BCUT2D eigenvalue weighted by atomic mass is 9.91. The van der Waals surface area contributed by atoms with E-state index in [2.05, 4.69) is 22.2 Å². The van der Waals surface area contributed by atoms with Crippen molar-refractivity contribution in [2.24, 2.45) is 5.92 Å². The van der Waals surface area contributed by atoms with Gasteiger partial charge in [-0.25, -0.2) is 14.8 Å². The fourth-order valence-corrected chi connectivity index (χ4v) is 3.16. The molecule has 7 heteroatoms. The van der Waals surface area contributed by atoms with Crippen molar-refractivity contribution < 1.29 is 13.9 Å². The second-order valence-electron chi connectivity index (χ2n) is 6.54. The lowest BCUT2D eigenvalue weighted by molar-refractivity contribution is 0.128. The topological polar surface area (TPSA) is 80.5 Å². The molecule has 0 radical (unpaired) electrons. The summed E-state index contributed by atoms with van der Waals surface area (Å²) in [5, 5.41) is 2.87. The van der Waals surface area contributed by atoms with Gasteiger partial charge in [-0.2, -0.15) is 0 Å². The quantitative estimate of drug-likeness (QED) is 0.918. The standard InChI is InChI=1S/C18H24N4O3/c1-12-6-7-22(15(8-12)16-5-4-13(2)25-16)18(23)21-17-9-14(10-24-3)19-11-20-17/h4-5,9,11-12,15H,6-8,10H2,1-3H3,(H,19,20,21,23)/t12-,15-/m0/s1. The first-order valence-corrected chi connectivity index (χ1v) is 8.50. The largest absolute Gasteiger partial charge is 0.464 e. The number of hydrogen-bond donors (Lipinski definition) is 1. The van der Waals surface area contributed by atoms with Crippen LogP contribution in [0.3, 0.4) is 0 Å². The van der Waals surface area contributed by atoms with Gasteiger partial charge in [0.15, 0.2) is 0 Å². The van der Waals surface area contributed by atoms with Crippen LogP contribution in [0.5, 0.6) is 0 Å². The van der Waals surface area contributed by atoms with Crippen molar-refractivity contribution in [2.45, 2.75) is 39.3 Å². The molecular weight excluding hydrogens is 320 g/mol. The van der Waals surface area contributed by atoms with Gasteiger partial charge in [0.05, 0.1) is 18.3 Å². The van der Waals surface area contributed by atoms with Crippen LogP contribution in [0.4, 0.5) is 10.6 Å². The molecule has 0 saturated carbocycles. The highest BCUT2D eigenvalue weighted by Gasteiger charge is 2.33. The number of methoxy groups -OCH3 is 1. The number of carbonyl (C=O) groups is 1. The van der Waals surface area contributed by atoms with Crippen LogP contribution in [0, 0.1) is 12.8 Å². The summed E-state index contributed by atoms with van der Waals surface area (Å²) in [5.74, 6) is 2.71. The maximum Gasteiger partial charge on any atom is 0.323 e. The fraction of sp³-hybridized carbons (Fsp3) is 0.500. The summed E-state index contributed by atoms with van der Waals surface area (Å²) < 4.78 is 10.9. The van der Waals surface area contributed by atoms with Crippen molar-refractivity contribution in [1.29, 1.82) is 0 Å². The molecule has 2 aromatic heterocycles. The molecule has 1 aliphatic rings. The molecule has 2 atom stereocenters. The van der Waals surface area contributed by atoms with E-state index < -0.39 is 0 Å². The number of carbonyl (C=O) groups excluding carboxylic acids is 1. The van der Waals surface area contributed by atoms with Gasteiger partial charge >= 0.3 is 6.03 Å². The number of nitrogens with zero attached hydrogens (tertiary/aromatic N) is 3. The molecular formula is C18H24N4O3. The molecule has 0 unspecified atom stereocenters. The number of hydrogen-bond acceptors (Lipinski definition) is 5. The minimum atomic E-state index is -0.173. The average Bonchev–Trinajstić information content (AvgIpc) is 3.02. The van der Waals surface area contributed by atoms with E-state index >= 15 is 0 Å². The molecule has 2 amide bonds. The zero-order valence-corrected chi connectivity index (χ0v) is 14.9. The molecule has 1 aliphatic heterocycles. The Morgan fingerprint density at radius 1 is 1.44 bits per heavy atom. The normalized spacial score (nSPS) is 20.5. The second-order valence-corrected chi connectivity index (χ2v) is 6.54. The van der Waals surface area contributed by atoms with E-state index in [-0.39, 0.29) is 12.1 Å². The van der Waals surface area contributed by atoms with E-state index in [1.807, 2.05) is 24.0 Å². The van der Waals surface area contributed by atoms with E-state index in [1.165, 1.54) is 6.33 Å². The van der Waals surface area contributed by atoms with Crippen molar-refractivity contribution in [3.8, 4) is 0 Å². The van der Waals surface area contributed by atoms with E-state index in [0.29, 0.717) is 24.9 Å². The first-order chi connectivity index (χ1) is 12.1. The van der Waals surface area contributed by atoms with Gasteiger partial charge in [-0.3, -0.25) is 5.32 Å². The molecule has 1 fully saturated rings. The number of nitrogens with one attached hydrogen (secondary N) is 1. The number of urea groups is 1. The summed E-state index contributed by atoms with van der Waals surface area (Å²) in [5.41, 5.74) is 0.721. The Morgan fingerprint density at radius 3 is 3.00 bits per heavy atom. The Hall–Kier alpha value is -2.41. The average molecular weight is 344 g/mol. The molecule has 7 nitrogen and oxygen atoms in total. The predicted molar refractivity (Wildman–Crippen MR) is 93.1 cm³/mol. The third-order valence-corrected chi connectivity index (χ3v) is 4.47. The molecule has 0 aromatic carbocycles. The maximum atomic E-state index is 12.8. The third-order valence-electron chi connectivity index (χ3n) is 4.47. The number of likely N-dealkylation sites (tertiary alicyclic amines) is 1. The number of piperidine rings is 1. The Bertz CT molecular complexity index is 731. The van der Waals surface area contributed by atoms with Crippen molar-refractivity contribution in [3.63, 3.8) is 0 Å². The summed E-state index contributed by atoms with van der Waals surface area (Å²) in [6.07, 6.45) is 3.29. The number of aromatic nitrogens is 2. The molecule has 0 bridgehead atoms. The zero-order valence-electron chi connectivity index (χ0n) is 14.9. The van der Waals surface area contributed by atoms with E-state index in [9.17, 15) is 4.79 Å². The number of anilines is 1. The van der Waals surface area contributed by atoms with Gasteiger partial charge in [0.2, 0.25) is 0 Å². The van der Waals surface area contributed by atoms with Crippen LogP contribution < -0.4 is 5.32 Å². The molecule has 25 heavy (non-hydrogen) atoms. The molecule has 0 spiro atoms. The van der Waals surface area contributed by atoms with Gasteiger partial charge in [-0.1, -0.05) is 6.92 Å². The monoisotopic (exact) mass is 344 g/mol. The third kappa shape index (κ3) is 4.17. The Kier molecular flexibility index (Phi) is 5.33. The van der Waals surface area contributed by atoms with Gasteiger partial charge in [-0.05, 0) is 37.8 Å². The first kappa shape index (κ1) is 17.4. The summed E-state index contributed by atoms with van der Waals surface area (Å²) in [7, 11) is 1.60. The lowest BCUT2D eigenvalue weighted by Crippen LogP contribution is -2.43. The van der Waals surface area contributed by atoms with E-state index in [4.69, 9.17) is 9.15 Å². The van der Waals surface area contributed by atoms with Crippen molar-refractivity contribution in [1.82, 2.24) is 14.9 Å². The van der Waals surface area contributed by atoms with Crippen molar-refractivity contribution in [2.75, 3.05) is 19.0 Å². The SMILES string of the molecule is COCc1cc(NC(=O)N2CC[C@H](C)C[C@H]2c2ccc(C)o2)ncn1. The summed E-state index contributed by atoms with van der Waals surface area (Å²) in [4.78, 5) is 22.9. The Labute approximate surface area is 147 Å². The highest BCUT2D eigenvalue weighted by Crippen LogP contribution is 2.35. The Morgan fingerprint density at radius 2 is 2.28 bits per heavy atom. The van der Waals surface area contributed by atoms with Gasteiger partial charge in [0.1, 0.15) is 23.7 Å². The van der Waals surface area contributed by atoms with Crippen LogP contribution in [0.15, 0.2) is 28.9 Å². The van der Waals surface area contributed by atoms with Gasteiger partial charge in [0.25, 0.3) is 0 Å². The highest BCUT2D eigenvalue weighted by atomic mass is 16.5. The molecule has 3 rings (SSSR count). The number of amides is 2. The van der Waals surface area contributed by atoms with Gasteiger partial charge < -0.3 is 14.1 Å². The fourth-order valence-electron chi connectivity index (χ4n) is 3.16. The molecule has 2 aromatic rings. The number of rotatable bonds is 4. The summed E-state index contributed by atoms with van der Waals surface area (Å²) in [6, 6.07) is 5.39. The van der Waals surface area contributed by atoms with Crippen molar-refractivity contribution >= 4 is 11.8 Å². The van der Waals surface area contributed by atoms with Crippen LogP contribution in [0.25, 0.3) is 0 Å². The number of aryl methyl sites for hydroxylation is 1. The summed E-state index contributed by atoms with van der Waals surface area (Å²) in [6.45, 7) is 5.19. The first-order valence-electron chi connectivity index (χ1n) is 8.50. The van der Waals surface area contributed by atoms with Gasteiger partial charge in [0, 0.05) is 19.7 Å². The van der Waals surface area contributed by atoms with Crippen LogP contribution in [0.2, 0.25) is 0 Å². The molecule has 134 valence electrons. The molecule has 1 saturated heterocycles. The molecule has 0 aliphatic carbocycles. The van der Waals surface area contributed by atoms with Crippen LogP contribution in [-0.2, 0) is 11.3 Å². The minimum Gasteiger partial charge on any atom is -0.464 e. The smallest absolute Gasteiger partial charge is 0.323 e. The highest BCUT2D eigenvalue weighted by molar-refractivity contribution is 5.88. The van der Waals surface area contributed by atoms with Crippen molar-refractivity contribution in [3.05, 3.63) is 41.7 Å². The van der Waals surface area contributed by atoms with Crippen LogP contribution in [-0.4, -0.2) is 34.6 Å². The number of furan rings is 1. The van der Waals surface area contributed by atoms with Gasteiger partial charge in [-0.15, -0.1) is 0 Å². The Balaban J connectivity index is 1.75. The lowest BCUT2D eigenvalue weighted by Gasteiger charge is -2.37. The minimum absolute atomic E-state index is 0.0577. The van der Waals surface area contributed by atoms with E-state index in [0.717, 1.165) is 30.1 Å². The molecule has 3 heterocycles. The zero-order chi connectivity index (χ0) is 17.8. The molecule has 1 N–H and O–H groups in total. The second kappa shape index (κ2) is 7.65. The number of ether oxygens (including phenoxy) is 1. The van der Waals surface area contributed by atoms with E-state index in [1.54, 1.807) is 13.2 Å². The van der Waals surface area contributed by atoms with Crippen LogP contribution >= 0.6 is 0 Å². The van der Waals surface area contributed by atoms with Crippen LogP contribution in [0.1, 0.15) is 43.0 Å². The maximum absolute atomic E-state index is 12.8.